The van der Waals surface area contributed by atoms with Gasteiger partial charge in [-0.05, 0) is 60.8 Å². The standard InChI is InChI=1S/C20H25NO3/c1-21-9-8-15-12-19(23-3)20(24-4)13-17(15)18(21)11-14-6-5-7-16(10-14)22-2/h5-7,10,12-13,18H,8-9,11H2,1-4H3/t18-/m0/s1. The van der Waals surface area contributed by atoms with Crippen molar-refractivity contribution < 1.29 is 14.2 Å². The number of benzene rings is 2. The van der Waals surface area contributed by atoms with E-state index in [1.165, 1.54) is 16.7 Å². The second-order valence-corrected chi connectivity index (χ2v) is 6.21. The second kappa shape index (κ2) is 7.14. The summed E-state index contributed by atoms with van der Waals surface area (Å²) >= 11 is 0. The van der Waals surface area contributed by atoms with E-state index in [2.05, 4.69) is 36.2 Å². The van der Waals surface area contributed by atoms with E-state index in [0.29, 0.717) is 6.04 Å². The van der Waals surface area contributed by atoms with Crippen molar-refractivity contribution in [1.82, 2.24) is 4.90 Å². The number of nitrogens with zero attached hydrogens (tertiary/aromatic N) is 1. The van der Waals surface area contributed by atoms with Gasteiger partial charge in [0.05, 0.1) is 21.3 Å². The zero-order valence-corrected chi connectivity index (χ0v) is 14.8. The van der Waals surface area contributed by atoms with Gasteiger partial charge in [-0.2, -0.15) is 0 Å². The number of rotatable bonds is 5. The monoisotopic (exact) mass is 327 g/mol. The highest BCUT2D eigenvalue weighted by molar-refractivity contribution is 5.50. The average molecular weight is 327 g/mol. The van der Waals surface area contributed by atoms with E-state index in [4.69, 9.17) is 14.2 Å². The smallest absolute Gasteiger partial charge is 0.161 e. The molecule has 0 aliphatic carbocycles. The Balaban J connectivity index is 1.96. The van der Waals surface area contributed by atoms with E-state index >= 15 is 0 Å². The Labute approximate surface area is 144 Å². The highest BCUT2D eigenvalue weighted by atomic mass is 16.5. The van der Waals surface area contributed by atoms with Gasteiger partial charge in [0.25, 0.3) is 0 Å². The van der Waals surface area contributed by atoms with Crippen LogP contribution in [0.5, 0.6) is 17.2 Å². The van der Waals surface area contributed by atoms with Crippen LogP contribution < -0.4 is 14.2 Å². The van der Waals surface area contributed by atoms with Crippen molar-refractivity contribution in [3.05, 3.63) is 53.1 Å². The maximum Gasteiger partial charge on any atom is 0.161 e. The van der Waals surface area contributed by atoms with Crippen LogP contribution in [0, 0.1) is 0 Å². The van der Waals surface area contributed by atoms with Gasteiger partial charge >= 0.3 is 0 Å². The molecule has 4 heteroatoms. The van der Waals surface area contributed by atoms with E-state index < -0.39 is 0 Å². The Bertz CT molecular complexity index is 714. The fourth-order valence-electron chi connectivity index (χ4n) is 3.44. The molecule has 0 saturated heterocycles. The van der Waals surface area contributed by atoms with Crippen molar-refractivity contribution in [2.45, 2.75) is 18.9 Å². The van der Waals surface area contributed by atoms with Gasteiger partial charge in [-0.3, -0.25) is 4.90 Å². The van der Waals surface area contributed by atoms with Crippen molar-refractivity contribution in [3.63, 3.8) is 0 Å². The molecular weight excluding hydrogens is 302 g/mol. The molecule has 3 rings (SSSR count). The molecule has 0 N–H and O–H groups in total. The van der Waals surface area contributed by atoms with Crippen molar-refractivity contribution in [1.29, 1.82) is 0 Å². The van der Waals surface area contributed by atoms with Gasteiger partial charge in [-0.1, -0.05) is 12.1 Å². The molecule has 1 aliphatic heterocycles. The first-order valence-corrected chi connectivity index (χ1v) is 8.24. The first kappa shape index (κ1) is 16.7. The molecule has 128 valence electrons. The molecule has 0 fully saturated rings. The van der Waals surface area contributed by atoms with E-state index in [-0.39, 0.29) is 0 Å². The summed E-state index contributed by atoms with van der Waals surface area (Å²) in [4.78, 5) is 2.41. The topological polar surface area (TPSA) is 30.9 Å². The zero-order chi connectivity index (χ0) is 17.1. The van der Waals surface area contributed by atoms with Gasteiger partial charge in [0, 0.05) is 12.6 Å². The molecule has 0 radical (unpaired) electrons. The Morgan fingerprint density at radius 3 is 2.46 bits per heavy atom. The first-order chi connectivity index (χ1) is 11.7. The summed E-state index contributed by atoms with van der Waals surface area (Å²) in [6, 6.07) is 12.9. The van der Waals surface area contributed by atoms with Crippen molar-refractivity contribution >= 4 is 0 Å². The van der Waals surface area contributed by atoms with Crippen LogP contribution in [0.3, 0.4) is 0 Å². The molecular formula is C20H25NO3. The maximum absolute atomic E-state index is 5.51. The Morgan fingerprint density at radius 1 is 1.00 bits per heavy atom. The van der Waals surface area contributed by atoms with Crippen LogP contribution in [0.15, 0.2) is 36.4 Å². The van der Waals surface area contributed by atoms with Gasteiger partial charge in [0.1, 0.15) is 5.75 Å². The third kappa shape index (κ3) is 3.20. The van der Waals surface area contributed by atoms with E-state index in [0.717, 1.165) is 36.6 Å². The summed E-state index contributed by atoms with van der Waals surface area (Å²) in [6.07, 6.45) is 1.97. The first-order valence-electron chi connectivity index (χ1n) is 8.24. The van der Waals surface area contributed by atoms with E-state index in [1.807, 2.05) is 12.1 Å². The molecule has 0 unspecified atom stereocenters. The lowest BCUT2D eigenvalue weighted by Crippen LogP contribution is -2.33. The minimum Gasteiger partial charge on any atom is -0.497 e. The number of ether oxygens (including phenoxy) is 3. The number of fused-ring (bicyclic) bond motifs is 1. The normalized spacial score (nSPS) is 17.2. The van der Waals surface area contributed by atoms with Crippen LogP contribution in [0.25, 0.3) is 0 Å². The molecule has 2 aromatic carbocycles. The summed E-state index contributed by atoms with van der Waals surface area (Å²) in [5.41, 5.74) is 3.94. The zero-order valence-electron chi connectivity index (χ0n) is 14.8. The van der Waals surface area contributed by atoms with Crippen LogP contribution in [0.1, 0.15) is 22.7 Å². The number of hydrogen-bond acceptors (Lipinski definition) is 4. The van der Waals surface area contributed by atoms with Crippen LogP contribution >= 0.6 is 0 Å². The molecule has 4 nitrogen and oxygen atoms in total. The Hall–Kier alpha value is -2.20. The molecule has 0 saturated carbocycles. The summed E-state index contributed by atoms with van der Waals surface area (Å²) < 4.78 is 16.3. The van der Waals surface area contributed by atoms with Gasteiger partial charge < -0.3 is 14.2 Å². The highest BCUT2D eigenvalue weighted by Crippen LogP contribution is 2.39. The lowest BCUT2D eigenvalue weighted by atomic mass is 9.88. The molecule has 24 heavy (non-hydrogen) atoms. The molecule has 0 bridgehead atoms. The Morgan fingerprint density at radius 2 is 1.75 bits per heavy atom. The van der Waals surface area contributed by atoms with Crippen molar-refractivity contribution in [2.75, 3.05) is 34.9 Å². The fraction of sp³-hybridized carbons (Fsp3) is 0.400. The summed E-state index contributed by atoms with van der Waals surface area (Å²) in [5, 5.41) is 0. The molecule has 2 aromatic rings. The molecule has 1 aliphatic rings. The molecule has 0 aromatic heterocycles. The lowest BCUT2D eigenvalue weighted by molar-refractivity contribution is 0.228. The third-order valence-corrected chi connectivity index (χ3v) is 4.83. The summed E-state index contributed by atoms with van der Waals surface area (Å²) in [6.45, 7) is 1.04. The molecule has 0 amide bonds. The van der Waals surface area contributed by atoms with Gasteiger partial charge in [-0.25, -0.2) is 0 Å². The largest absolute Gasteiger partial charge is 0.497 e. The van der Waals surface area contributed by atoms with Gasteiger partial charge in [0.15, 0.2) is 11.5 Å². The summed E-state index contributed by atoms with van der Waals surface area (Å²) in [7, 11) is 7.27. The second-order valence-electron chi connectivity index (χ2n) is 6.21. The summed E-state index contributed by atoms with van der Waals surface area (Å²) in [5.74, 6) is 2.50. The quantitative estimate of drug-likeness (QED) is 0.841. The SMILES string of the molecule is COc1cccc(C[C@H]2c3cc(OC)c(OC)cc3CCN2C)c1. The number of methoxy groups -OCH3 is 3. The third-order valence-electron chi connectivity index (χ3n) is 4.83. The minimum absolute atomic E-state index is 0.320. The average Bonchev–Trinajstić information content (AvgIpc) is 2.63. The van der Waals surface area contributed by atoms with Crippen LogP contribution in [0.4, 0.5) is 0 Å². The van der Waals surface area contributed by atoms with Crippen LogP contribution in [-0.2, 0) is 12.8 Å². The van der Waals surface area contributed by atoms with E-state index in [9.17, 15) is 0 Å². The molecule has 1 heterocycles. The fourth-order valence-corrected chi connectivity index (χ4v) is 3.44. The van der Waals surface area contributed by atoms with Crippen molar-refractivity contribution in [3.8, 4) is 17.2 Å². The Kier molecular flexibility index (Phi) is 4.95. The number of hydrogen-bond donors (Lipinski definition) is 0. The van der Waals surface area contributed by atoms with Gasteiger partial charge in [0.2, 0.25) is 0 Å². The van der Waals surface area contributed by atoms with Crippen molar-refractivity contribution in [2.24, 2.45) is 0 Å². The predicted octanol–water partition coefficient (Wildman–Crippen LogP) is 3.48. The minimum atomic E-state index is 0.320. The van der Waals surface area contributed by atoms with Gasteiger partial charge in [-0.15, -0.1) is 0 Å². The maximum atomic E-state index is 5.51. The molecule has 0 spiro atoms. The number of likely N-dealkylation sites (N-methyl/N-ethyl adjacent to an activating group) is 1. The lowest BCUT2D eigenvalue weighted by Gasteiger charge is -2.35. The van der Waals surface area contributed by atoms with Crippen LogP contribution in [-0.4, -0.2) is 39.8 Å². The highest BCUT2D eigenvalue weighted by Gasteiger charge is 2.27. The molecule has 1 atom stereocenters. The van der Waals surface area contributed by atoms with E-state index in [1.54, 1.807) is 21.3 Å². The predicted molar refractivity (Wildman–Crippen MR) is 95.3 cm³/mol. The van der Waals surface area contributed by atoms with Crippen LogP contribution in [0.2, 0.25) is 0 Å².